The zero-order chi connectivity index (χ0) is 17.8. The molecule has 0 radical (unpaired) electrons. The van der Waals surface area contributed by atoms with Crippen molar-refractivity contribution in [3.63, 3.8) is 0 Å². The monoisotopic (exact) mass is 344 g/mol. The van der Waals surface area contributed by atoms with Crippen molar-refractivity contribution in [2.75, 3.05) is 11.9 Å². The number of aliphatic hydroxyl groups excluding tert-OH is 1. The van der Waals surface area contributed by atoms with E-state index in [0.29, 0.717) is 5.69 Å². The summed E-state index contributed by atoms with van der Waals surface area (Å²) in [5.41, 5.74) is 0.529. The predicted molar refractivity (Wildman–Crippen MR) is 89.1 cm³/mol. The van der Waals surface area contributed by atoms with Gasteiger partial charge in [-0.25, -0.2) is 4.98 Å². The number of nitrogens with one attached hydrogen (secondary N) is 2. The number of amides is 2. The first-order valence-electron chi connectivity index (χ1n) is 8.15. The van der Waals surface area contributed by atoms with E-state index in [2.05, 4.69) is 25.8 Å². The summed E-state index contributed by atoms with van der Waals surface area (Å²) < 4.78 is 0. The van der Waals surface area contributed by atoms with Crippen LogP contribution >= 0.6 is 0 Å². The Bertz CT molecular complexity index is 761. The van der Waals surface area contributed by atoms with Crippen LogP contribution < -0.4 is 10.6 Å². The smallest absolute Gasteiger partial charge is 0.272 e. The lowest BCUT2D eigenvalue weighted by Gasteiger charge is -2.19. The van der Waals surface area contributed by atoms with Crippen LogP contribution in [0.4, 0.5) is 5.82 Å². The minimum atomic E-state index is -0.384. The molecule has 0 aromatic carbocycles. The zero-order valence-corrected chi connectivity index (χ0v) is 13.8. The Hall–Kier alpha value is -2.81. The predicted octanol–water partition coefficient (Wildman–Crippen LogP) is 0.511. The topological polar surface area (TPSA) is 122 Å². The van der Waals surface area contributed by atoms with Gasteiger partial charge in [-0.3, -0.25) is 9.59 Å². The molecule has 2 aromatic heterocycles. The van der Waals surface area contributed by atoms with Gasteiger partial charge in [-0.05, 0) is 25.0 Å². The number of pyridine rings is 1. The summed E-state index contributed by atoms with van der Waals surface area (Å²) in [5.74, 6) is -0.336. The number of nitrogens with zero attached hydrogens (tertiary/aromatic N) is 4. The van der Waals surface area contributed by atoms with Crippen molar-refractivity contribution in [1.82, 2.24) is 25.3 Å². The molecule has 3 rings (SSSR count). The first-order valence-corrected chi connectivity index (χ1v) is 8.15. The van der Waals surface area contributed by atoms with Crippen LogP contribution in [-0.2, 0) is 4.79 Å². The second-order valence-corrected chi connectivity index (χ2v) is 6.02. The van der Waals surface area contributed by atoms with Crippen LogP contribution in [0.1, 0.15) is 36.7 Å². The van der Waals surface area contributed by atoms with Gasteiger partial charge in [0, 0.05) is 25.5 Å². The Morgan fingerprint density at radius 3 is 2.72 bits per heavy atom. The largest absolute Gasteiger partial charge is 0.396 e. The van der Waals surface area contributed by atoms with E-state index in [4.69, 9.17) is 0 Å². The molecule has 1 aliphatic carbocycles. The molecule has 1 saturated carbocycles. The Morgan fingerprint density at radius 2 is 2.04 bits per heavy atom. The summed E-state index contributed by atoms with van der Waals surface area (Å²) >= 11 is 0. The van der Waals surface area contributed by atoms with E-state index < -0.39 is 0 Å². The molecular formula is C16H20N6O3. The van der Waals surface area contributed by atoms with E-state index in [1.165, 1.54) is 24.1 Å². The van der Waals surface area contributed by atoms with Crippen LogP contribution in [0, 0.1) is 5.92 Å². The highest BCUT2D eigenvalue weighted by Gasteiger charge is 2.29. The van der Waals surface area contributed by atoms with Gasteiger partial charge in [-0.1, -0.05) is 6.42 Å². The van der Waals surface area contributed by atoms with Crippen molar-refractivity contribution in [3.05, 3.63) is 30.2 Å². The van der Waals surface area contributed by atoms with Gasteiger partial charge < -0.3 is 15.7 Å². The standard InChI is InChI=1S/C16H20N6O3/c1-10(24)19-14-6-5-13(22-17-7-8-18-22)15(21-14)16(25)20-12-4-2-3-11(12)9-23/h5-8,11-12,23H,2-4,9H2,1H3,(H,20,25)(H,19,21,24)/t11-,12+/m1/s1. The molecule has 2 amide bonds. The third kappa shape index (κ3) is 3.82. The number of hydrogen-bond donors (Lipinski definition) is 3. The lowest BCUT2D eigenvalue weighted by atomic mass is 10.0. The molecule has 2 heterocycles. The first kappa shape index (κ1) is 17.0. The van der Waals surface area contributed by atoms with E-state index in [-0.39, 0.29) is 41.9 Å². The SMILES string of the molecule is CC(=O)Nc1ccc(-n2nccn2)c(C(=O)N[C@H]2CCC[C@@H]2CO)n1. The maximum Gasteiger partial charge on any atom is 0.272 e. The van der Waals surface area contributed by atoms with Crippen molar-refractivity contribution in [1.29, 1.82) is 0 Å². The highest BCUT2D eigenvalue weighted by Crippen LogP contribution is 2.25. The average Bonchev–Trinajstić information content (AvgIpc) is 3.25. The third-order valence-corrected chi connectivity index (χ3v) is 4.24. The van der Waals surface area contributed by atoms with Crippen LogP contribution in [0.2, 0.25) is 0 Å². The average molecular weight is 344 g/mol. The van der Waals surface area contributed by atoms with Gasteiger partial charge >= 0.3 is 0 Å². The molecule has 132 valence electrons. The molecule has 3 N–H and O–H groups in total. The van der Waals surface area contributed by atoms with Crippen LogP contribution in [0.5, 0.6) is 0 Å². The maximum absolute atomic E-state index is 12.8. The number of carbonyl (C=O) groups excluding carboxylic acids is 2. The minimum absolute atomic E-state index is 0.0396. The molecule has 9 heteroatoms. The molecule has 2 atom stereocenters. The molecule has 25 heavy (non-hydrogen) atoms. The van der Waals surface area contributed by atoms with E-state index in [9.17, 15) is 14.7 Å². The van der Waals surface area contributed by atoms with Gasteiger partial charge in [0.15, 0.2) is 5.69 Å². The molecule has 0 aliphatic heterocycles. The number of rotatable bonds is 5. The fraction of sp³-hybridized carbons (Fsp3) is 0.438. The number of aliphatic hydroxyl groups is 1. The van der Waals surface area contributed by atoms with Gasteiger partial charge in [-0.2, -0.15) is 10.2 Å². The lowest BCUT2D eigenvalue weighted by Crippen LogP contribution is -2.39. The van der Waals surface area contributed by atoms with Crippen LogP contribution in [0.3, 0.4) is 0 Å². The van der Waals surface area contributed by atoms with E-state index in [1.54, 1.807) is 12.1 Å². The molecule has 0 saturated heterocycles. The molecule has 0 spiro atoms. The van der Waals surface area contributed by atoms with Gasteiger partial charge in [0.25, 0.3) is 5.91 Å². The fourth-order valence-electron chi connectivity index (χ4n) is 3.05. The number of aromatic nitrogens is 4. The van der Waals surface area contributed by atoms with E-state index in [1.807, 2.05) is 0 Å². The highest BCUT2D eigenvalue weighted by atomic mass is 16.3. The van der Waals surface area contributed by atoms with Gasteiger partial charge in [0.1, 0.15) is 11.5 Å². The summed E-state index contributed by atoms with van der Waals surface area (Å²) in [4.78, 5) is 29.6. The highest BCUT2D eigenvalue weighted by molar-refractivity contribution is 5.97. The molecule has 0 bridgehead atoms. The molecule has 0 unspecified atom stereocenters. The molecule has 9 nitrogen and oxygen atoms in total. The van der Waals surface area contributed by atoms with E-state index in [0.717, 1.165) is 19.3 Å². The summed E-state index contributed by atoms with van der Waals surface area (Å²) in [6, 6.07) is 3.12. The number of anilines is 1. The Labute approximate surface area is 144 Å². The molecule has 2 aromatic rings. The Morgan fingerprint density at radius 1 is 1.28 bits per heavy atom. The lowest BCUT2D eigenvalue weighted by molar-refractivity contribution is -0.114. The van der Waals surface area contributed by atoms with Gasteiger partial charge in [0.05, 0.1) is 12.4 Å². The summed E-state index contributed by atoms with van der Waals surface area (Å²) in [5, 5.41) is 23.0. The van der Waals surface area contributed by atoms with Crippen LogP contribution in [0.15, 0.2) is 24.5 Å². The summed E-state index contributed by atoms with van der Waals surface area (Å²) in [7, 11) is 0. The number of carbonyl (C=O) groups is 2. The second-order valence-electron chi connectivity index (χ2n) is 6.02. The van der Waals surface area contributed by atoms with Gasteiger partial charge in [-0.15, -0.1) is 4.80 Å². The Kier molecular flexibility index (Phi) is 5.03. The van der Waals surface area contributed by atoms with Crippen molar-refractivity contribution >= 4 is 17.6 Å². The Balaban J connectivity index is 1.90. The van der Waals surface area contributed by atoms with Crippen molar-refractivity contribution in [3.8, 4) is 5.69 Å². The van der Waals surface area contributed by atoms with Crippen LogP contribution in [-0.4, -0.2) is 49.5 Å². The maximum atomic E-state index is 12.8. The third-order valence-electron chi connectivity index (χ3n) is 4.24. The molecular weight excluding hydrogens is 324 g/mol. The quantitative estimate of drug-likeness (QED) is 0.726. The number of hydrogen-bond acceptors (Lipinski definition) is 6. The molecule has 1 aliphatic rings. The zero-order valence-electron chi connectivity index (χ0n) is 13.8. The second kappa shape index (κ2) is 7.39. The van der Waals surface area contributed by atoms with Crippen molar-refractivity contribution in [2.45, 2.75) is 32.2 Å². The van der Waals surface area contributed by atoms with Crippen molar-refractivity contribution in [2.24, 2.45) is 5.92 Å². The molecule has 1 fully saturated rings. The van der Waals surface area contributed by atoms with E-state index >= 15 is 0 Å². The summed E-state index contributed by atoms with van der Waals surface area (Å²) in [6.07, 6.45) is 5.67. The summed E-state index contributed by atoms with van der Waals surface area (Å²) in [6.45, 7) is 1.41. The normalized spacial score (nSPS) is 19.6. The minimum Gasteiger partial charge on any atom is -0.396 e. The fourth-order valence-corrected chi connectivity index (χ4v) is 3.05. The van der Waals surface area contributed by atoms with Crippen LogP contribution in [0.25, 0.3) is 5.69 Å². The van der Waals surface area contributed by atoms with Gasteiger partial charge in [0.2, 0.25) is 5.91 Å². The van der Waals surface area contributed by atoms with Crippen molar-refractivity contribution < 1.29 is 14.7 Å². The first-order chi connectivity index (χ1) is 12.1.